The number of fused-ring (bicyclic) bond motifs is 10. The second-order valence-corrected chi connectivity index (χ2v) is 16.1. The summed E-state index contributed by atoms with van der Waals surface area (Å²) in [6, 6.07) is 68.8. The molecule has 0 amide bonds. The number of allylic oxidation sites excluding steroid dienone is 4. The average Bonchev–Trinajstić information content (AvgIpc) is 3.87. The van der Waals surface area contributed by atoms with Crippen LogP contribution in [0.3, 0.4) is 0 Å². The summed E-state index contributed by atoms with van der Waals surface area (Å²) in [4.78, 5) is 5.24. The third-order valence-corrected chi connectivity index (χ3v) is 13.0. The van der Waals surface area contributed by atoms with Crippen LogP contribution in [-0.2, 0) is 5.41 Å². The lowest BCUT2D eigenvalue weighted by Crippen LogP contribution is -2.37. The maximum absolute atomic E-state index is 9.59. The molecule has 0 fully saturated rings. The van der Waals surface area contributed by atoms with Crippen molar-refractivity contribution < 1.29 is 4.74 Å². The van der Waals surface area contributed by atoms with E-state index in [1.165, 1.54) is 11.1 Å². The maximum Gasteiger partial charge on any atom is 0.145 e. The first-order chi connectivity index (χ1) is 30.2. The molecule has 2 heterocycles. The number of nitrogens with zero attached hydrogens (tertiary/aromatic N) is 3. The first-order valence-electron chi connectivity index (χ1n) is 20.8. The Balaban J connectivity index is 1.09. The van der Waals surface area contributed by atoms with Crippen molar-refractivity contribution in [3.05, 3.63) is 240 Å². The Morgan fingerprint density at radius 2 is 1.25 bits per heavy atom. The van der Waals surface area contributed by atoms with Crippen LogP contribution in [0.1, 0.15) is 33.7 Å². The Labute approximate surface area is 354 Å². The molecule has 12 rings (SSSR count). The number of rotatable bonds is 5. The fourth-order valence-corrected chi connectivity index (χ4v) is 10.4. The van der Waals surface area contributed by atoms with Crippen LogP contribution in [0.25, 0.3) is 61.5 Å². The largest absolute Gasteiger partial charge is 0.456 e. The first kappa shape index (κ1) is 35.0. The molecular weight excluding hydrogens is 743 g/mol. The Morgan fingerprint density at radius 1 is 0.541 bits per heavy atom. The molecule has 0 saturated carbocycles. The van der Waals surface area contributed by atoms with Crippen molar-refractivity contribution >= 4 is 11.0 Å². The Kier molecular flexibility index (Phi) is 7.92. The SMILES string of the molecule is N#Cc1ccc(-c2cccc3c2Oc2ccc(-c4ccc(-c5nc6ccccc6n5-c5ccccc5)cc4-c4ccccc4)cc2C32c3ccccc3C3C=CC=CC32)cc1. The fraction of sp³-hybridized carbons (Fsp3) is 0.0526. The normalized spacial score (nSPS) is 17.9. The zero-order chi connectivity index (χ0) is 40.5. The van der Waals surface area contributed by atoms with Gasteiger partial charge in [0.05, 0.1) is 28.1 Å². The van der Waals surface area contributed by atoms with Gasteiger partial charge in [0.15, 0.2) is 0 Å². The van der Waals surface area contributed by atoms with Crippen LogP contribution in [0.2, 0.25) is 0 Å². The standard InChI is InChI=1S/C57H37N3O/c58-36-37-26-28-39(29-27-37)44-20-13-23-50-55(44)61-54-33-31-40(35-51(54)57(50)48-21-9-7-18-45(48)46-19-8-10-22-49(46)57)43-32-30-41(34-47(43)38-14-3-1-4-15-38)56-59-52-24-11-12-25-53(52)60(56)42-16-5-2-6-17-42/h1-35,45,48H. The molecule has 3 unspecified atom stereocenters. The van der Waals surface area contributed by atoms with Gasteiger partial charge in [-0.15, -0.1) is 0 Å². The summed E-state index contributed by atoms with van der Waals surface area (Å²) < 4.78 is 9.42. The van der Waals surface area contributed by atoms with E-state index in [2.05, 4.69) is 199 Å². The summed E-state index contributed by atoms with van der Waals surface area (Å²) in [5.74, 6) is 2.93. The Morgan fingerprint density at radius 3 is 2.10 bits per heavy atom. The highest BCUT2D eigenvalue weighted by molar-refractivity contribution is 5.90. The van der Waals surface area contributed by atoms with Gasteiger partial charge in [0.25, 0.3) is 0 Å². The monoisotopic (exact) mass is 779 g/mol. The predicted octanol–water partition coefficient (Wildman–Crippen LogP) is 13.8. The van der Waals surface area contributed by atoms with Gasteiger partial charge in [0.1, 0.15) is 17.3 Å². The van der Waals surface area contributed by atoms with Crippen LogP contribution in [-0.4, -0.2) is 9.55 Å². The summed E-state index contributed by atoms with van der Waals surface area (Å²) in [5, 5.41) is 9.59. The van der Waals surface area contributed by atoms with Gasteiger partial charge < -0.3 is 4.74 Å². The molecule has 8 aromatic carbocycles. The third kappa shape index (κ3) is 5.27. The van der Waals surface area contributed by atoms with Gasteiger partial charge in [-0.25, -0.2) is 4.98 Å². The molecule has 1 aromatic heterocycles. The van der Waals surface area contributed by atoms with Gasteiger partial charge in [-0.1, -0.05) is 158 Å². The van der Waals surface area contributed by atoms with E-state index in [4.69, 9.17) is 9.72 Å². The van der Waals surface area contributed by atoms with Crippen LogP contribution in [0.4, 0.5) is 0 Å². The smallest absolute Gasteiger partial charge is 0.145 e. The van der Waals surface area contributed by atoms with E-state index in [-0.39, 0.29) is 11.8 Å². The summed E-state index contributed by atoms with van der Waals surface area (Å²) >= 11 is 0. The van der Waals surface area contributed by atoms with Crippen LogP contribution in [0.5, 0.6) is 11.5 Å². The van der Waals surface area contributed by atoms with Gasteiger partial charge in [0.2, 0.25) is 0 Å². The van der Waals surface area contributed by atoms with Crippen molar-refractivity contribution in [2.45, 2.75) is 11.3 Å². The van der Waals surface area contributed by atoms with E-state index >= 15 is 0 Å². The minimum absolute atomic E-state index is 0.115. The van der Waals surface area contributed by atoms with Crippen molar-refractivity contribution in [2.24, 2.45) is 5.92 Å². The van der Waals surface area contributed by atoms with E-state index in [9.17, 15) is 5.26 Å². The number of para-hydroxylation sites is 4. The van der Waals surface area contributed by atoms with E-state index in [0.717, 1.165) is 84.1 Å². The maximum atomic E-state index is 9.59. The number of imidazole rings is 1. The van der Waals surface area contributed by atoms with E-state index in [1.54, 1.807) is 0 Å². The average molecular weight is 780 g/mol. The predicted molar refractivity (Wildman–Crippen MR) is 245 cm³/mol. The van der Waals surface area contributed by atoms with Gasteiger partial charge in [-0.2, -0.15) is 5.26 Å². The van der Waals surface area contributed by atoms with E-state index in [1.807, 2.05) is 24.3 Å². The van der Waals surface area contributed by atoms with Crippen molar-refractivity contribution in [1.29, 1.82) is 5.26 Å². The molecule has 3 atom stereocenters. The molecule has 4 heteroatoms. The van der Waals surface area contributed by atoms with E-state index in [0.29, 0.717) is 5.56 Å². The van der Waals surface area contributed by atoms with Crippen LogP contribution >= 0.6 is 0 Å². The molecule has 0 N–H and O–H groups in total. The highest BCUT2D eigenvalue weighted by atomic mass is 16.5. The highest BCUT2D eigenvalue weighted by Gasteiger charge is 2.57. The van der Waals surface area contributed by atoms with Crippen molar-refractivity contribution in [1.82, 2.24) is 9.55 Å². The lowest BCUT2D eigenvalue weighted by molar-refractivity contribution is 0.375. The zero-order valence-corrected chi connectivity index (χ0v) is 33.1. The second-order valence-electron chi connectivity index (χ2n) is 16.1. The molecule has 0 bridgehead atoms. The Hall–Kier alpha value is -8.00. The van der Waals surface area contributed by atoms with Crippen LogP contribution in [0, 0.1) is 17.2 Å². The number of nitriles is 1. The lowest BCUT2D eigenvalue weighted by atomic mass is 9.61. The quantitative estimate of drug-likeness (QED) is 0.175. The molecule has 0 radical (unpaired) electrons. The number of hydrogen-bond acceptors (Lipinski definition) is 3. The molecule has 1 spiro atoms. The van der Waals surface area contributed by atoms with Gasteiger partial charge in [-0.3, -0.25) is 4.57 Å². The van der Waals surface area contributed by atoms with Gasteiger partial charge >= 0.3 is 0 Å². The first-order valence-corrected chi connectivity index (χ1v) is 20.8. The van der Waals surface area contributed by atoms with Crippen molar-refractivity contribution in [2.75, 3.05) is 0 Å². The molecule has 2 aliphatic carbocycles. The van der Waals surface area contributed by atoms with Crippen molar-refractivity contribution in [3.8, 4) is 68.0 Å². The molecule has 3 aliphatic rings. The van der Waals surface area contributed by atoms with Crippen LogP contribution < -0.4 is 4.74 Å². The molecule has 9 aromatic rings. The van der Waals surface area contributed by atoms with Gasteiger partial charge in [-0.05, 0) is 93.5 Å². The molecule has 0 saturated heterocycles. The molecule has 286 valence electrons. The van der Waals surface area contributed by atoms with Crippen LogP contribution in [0.15, 0.2) is 212 Å². The fourth-order valence-electron chi connectivity index (χ4n) is 10.4. The number of benzene rings is 8. The summed E-state index contributed by atoms with van der Waals surface area (Å²) in [7, 11) is 0. The zero-order valence-electron chi connectivity index (χ0n) is 33.1. The molecule has 1 aliphatic heterocycles. The summed E-state index contributed by atoms with van der Waals surface area (Å²) in [6.07, 6.45) is 9.19. The topological polar surface area (TPSA) is 50.8 Å². The van der Waals surface area contributed by atoms with Crippen molar-refractivity contribution in [3.63, 3.8) is 0 Å². The summed E-state index contributed by atoms with van der Waals surface area (Å²) in [5.41, 5.74) is 15.7. The molecular formula is C57H37N3O. The molecule has 4 nitrogen and oxygen atoms in total. The number of aromatic nitrogens is 2. The highest BCUT2D eigenvalue weighted by Crippen LogP contribution is 2.66. The summed E-state index contributed by atoms with van der Waals surface area (Å²) in [6.45, 7) is 0. The lowest BCUT2D eigenvalue weighted by Gasteiger charge is -2.43. The third-order valence-electron chi connectivity index (χ3n) is 13.0. The minimum atomic E-state index is -0.544. The van der Waals surface area contributed by atoms with Gasteiger partial charge in [0, 0.05) is 39.8 Å². The minimum Gasteiger partial charge on any atom is -0.456 e. The second kappa shape index (κ2) is 13.8. The molecule has 61 heavy (non-hydrogen) atoms. The number of ether oxygens (including phenoxy) is 1. The number of hydrogen-bond donors (Lipinski definition) is 0. The Bertz CT molecular complexity index is 3300. The van der Waals surface area contributed by atoms with E-state index < -0.39 is 5.41 Å².